The number of nitrogens with zero attached hydrogens (tertiary/aromatic N) is 2. The Balaban J connectivity index is 1.89. The van der Waals surface area contributed by atoms with Crippen LogP contribution in [0.5, 0.6) is 0 Å². The highest BCUT2D eigenvalue weighted by Crippen LogP contribution is 2.29. The van der Waals surface area contributed by atoms with Crippen LogP contribution in [0, 0.1) is 0 Å². The zero-order valence-corrected chi connectivity index (χ0v) is 11.6. The fourth-order valence-corrected chi connectivity index (χ4v) is 2.72. The molecule has 2 aromatic carbocycles. The molecule has 0 saturated heterocycles. The average molecular weight is 266 g/mol. The maximum atomic E-state index is 12.8. The van der Waals surface area contributed by atoms with E-state index < -0.39 is 0 Å². The first-order valence-corrected chi connectivity index (χ1v) is 7.03. The summed E-state index contributed by atoms with van der Waals surface area (Å²) in [4.78, 5) is 16.5. The molecule has 0 fully saturated rings. The average Bonchev–Trinajstić information content (AvgIpc) is 2.93. The molecule has 3 nitrogen and oxygen atoms in total. The van der Waals surface area contributed by atoms with Crippen molar-refractivity contribution >= 4 is 17.4 Å². The summed E-state index contributed by atoms with van der Waals surface area (Å²) < 4.78 is 0. The number of carbonyl (C=O) groups excluding carboxylic acids is 1. The molecule has 3 rings (SSSR count). The Hall–Kier alpha value is -2.29. The summed E-state index contributed by atoms with van der Waals surface area (Å²) in [5, 5.41) is 0. The lowest BCUT2D eigenvalue weighted by molar-refractivity contribution is 0.252. The fraction of sp³-hybridized carbons (Fsp3) is 0.235. The molecule has 1 heterocycles. The Morgan fingerprint density at radius 1 is 1.10 bits per heavy atom. The van der Waals surface area contributed by atoms with Gasteiger partial charge in [0.15, 0.2) is 0 Å². The lowest BCUT2D eigenvalue weighted by Gasteiger charge is -2.27. The normalized spacial score (nSPS) is 13.2. The standard InChI is InChI=1S/C17H18N2O/c1-2-18(15-9-4-3-5-10-15)17(20)19-13-12-14-8-6-7-11-16(14)19/h3-11H,2,12-13H2,1H3. The van der Waals surface area contributed by atoms with Crippen molar-refractivity contribution in [2.75, 3.05) is 22.9 Å². The summed E-state index contributed by atoms with van der Waals surface area (Å²) in [6.07, 6.45) is 0.939. The van der Waals surface area contributed by atoms with Gasteiger partial charge in [-0.05, 0) is 37.1 Å². The van der Waals surface area contributed by atoms with Gasteiger partial charge in [-0.2, -0.15) is 0 Å². The van der Waals surface area contributed by atoms with Gasteiger partial charge in [0.05, 0.1) is 0 Å². The predicted octanol–water partition coefficient (Wildman–Crippen LogP) is 3.70. The number of carbonyl (C=O) groups is 1. The van der Waals surface area contributed by atoms with Gasteiger partial charge in [0.25, 0.3) is 0 Å². The Labute approximate surface area is 119 Å². The SMILES string of the molecule is CCN(C(=O)N1CCc2ccccc21)c1ccccc1. The first-order chi connectivity index (χ1) is 9.81. The number of para-hydroxylation sites is 2. The molecular formula is C17H18N2O. The van der Waals surface area contributed by atoms with E-state index in [1.54, 1.807) is 0 Å². The van der Waals surface area contributed by atoms with E-state index >= 15 is 0 Å². The number of hydrogen-bond acceptors (Lipinski definition) is 1. The molecule has 2 amide bonds. The van der Waals surface area contributed by atoms with Crippen LogP contribution in [0.4, 0.5) is 16.2 Å². The van der Waals surface area contributed by atoms with Crippen molar-refractivity contribution in [1.29, 1.82) is 0 Å². The van der Waals surface area contributed by atoms with Crippen LogP contribution in [0.25, 0.3) is 0 Å². The van der Waals surface area contributed by atoms with Crippen LogP contribution in [0.2, 0.25) is 0 Å². The maximum Gasteiger partial charge on any atom is 0.328 e. The summed E-state index contributed by atoms with van der Waals surface area (Å²) in [6, 6.07) is 18.0. The van der Waals surface area contributed by atoms with E-state index in [1.807, 2.05) is 65.3 Å². The van der Waals surface area contributed by atoms with E-state index in [9.17, 15) is 4.79 Å². The van der Waals surface area contributed by atoms with Crippen LogP contribution in [0.15, 0.2) is 54.6 Å². The zero-order chi connectivity index (χ0) is 13.9. The third-order valence-electron chi connectivity index (χ3n) is 3.73. The van der Waals surface area contributed by atoms with Crippen LogP contribution < -0.4 is 9.80 Å². The van der Waals surface area contributed by atoms with E-state index in [2.05, 4.69) is 6.07 Å². The van der Waals surface area contributed by atoms with E-state index in [-0.39, 0.29) is 6.03 Å². The highest BCUT2D eigenvalue weighted by atomic mass is 16.2. The molecule has 0 spiro atoms. The summed E-state index contributed by atoms with van der Waals surface area (Å²) in [5.74, 6) is 0. The van der Waals surface area contributed by atoms with Crippen molar-refractivity contribution in [3.8, 4) is 0 Å². The Morgan fingerprint density at radius 3 is 2.55 bits per heavy atom. The highest BCUT2D eigenvalue weighted by molar-refractivity contribution is 6.04. The molecule has 20 heavy (non-hydrogen) atoms. The van der Waals surface area contributed by atoms with Crippen LogP contribution in [0.1, 0.15) is 12.5 Å². The number of benzene rings is 2. The van der Waals surface area contributed by atoms with E-state index in [0.717, 1.165) is 24.3 Å². The molecule has 0 bridgehead atoms. The van der Waals surface area contributed by atoms with Gasteiger partial charge in [-0.1, -0.05) is 36.4 Å². The second-order valence-electron chi connectivity index (χ2n) is 4.89. The van der Waals surface area contributed by atoms with Gasteiger partial charge in [-0.3, -0.25) is 9.80 Å². The number of anilines is 2. The maximum absolute atomic E-state index is 12.8. The molecule has 0 saturated carbocycles. The second kappa shape index (κ2) is 5.37. The molecule has 2 aromatic rings. The lowest BCUT2D eigenvalue weighted by atomic mass is 10.2. The first kappa shape index (κ1) is 12.7. The van der Waals surface area contributed by atoms with E-state index in [0.29, 0.717) is 6.54 Å². The molecule has 0 aliphatic carbocycles. The van der Waals surface area contributed by atoms with Crippen molar-refractivity contribution in [3.63, 3.8) is 0 Å². The Kier molecular flexibility index (Phi) is 3.42. The summed E-state index contributed by atoms with van der Waals surface area (Å²) in [5.41, 5.74) is 3.25. The van der Waals surface area contributed by atoms with Crippen LogP contribution in [-0.2, 0) is 6.42 Å². The number of rotatable bonds is 2. The predicted molar refractivity (Wildman–Crippen MR) is 82.4 cm³/mol. The van der Waals surface area contributed by atoms with Crippen molar-refractivity contribution in [3.05, 3.63) is 60.2 Å². The minimum absolute atomic E-state index is 0.0589. The lowest BCUT2D eigenvalue weighted by Crippen LogP contribution is -2.42. The molecule has 0 radical (unpaired) electrons. The number of urea groups is 1. The van der Waals surface area contributed by atoms with Crippen LogP contribution in [0.3, 0.4) is 0 Å². The van der Waals surface area contributed by atoms with Crippen molar-refractivity contribution < 1.29 is 4.79 Å². The molecule has 3 heteroatoms. The largest absolute Gasteiger partial charge is 0.328 e. The molecule has 1 aliphatic rings. The van der Waals surface area contributed by atoms with E-state index in [4.69, 9.17) is 0 Å². The number of hydrogen-bond donors (Lipinski definition) is 0. The van der Waals surface area contributed by atoms with Crippen molar-refractivity contribution in [2.45, 2.75) is 13.3 Å². The molecule has 1 aliphatic heterocycles. The van der Waals surface area contributed by atoms with Gasteiger partial charge in [0.2, 0.25) is 0 Å². The van der Waals surface area contributed by atoms with Crippen molar-refractivity contribution in [2.24, 2.45) is 0 Å². The number of fused-ring (bicyclic) bond motifs is 1. The summed E-state index contributed by atoms with van der Waals surface area (Å²) in [6.45, 7) is 3.44. The topological polar surface area (TPSA) is 23.6 Å². The van der Waals surface area contributed by atoms with Gasteiger partial charge in [0, 0.05) is 24.5 Å². The molecular weight excluding hydrogens is 248 g/mol. The summed E-state index contributed by atoms with van der Waals surface area (Å²) in [7, 11) is 0. The Bertz CT molecular complexity index is 605. The van der Waals surface area contributed by atoms with Gasteiger partial charge < -0.3 is 0 Å². The zero-order valence-electron chi connectivity index (χ0n) is 11.6. The summed E-state index contributed by atoms with van der Waals surface area (Å²) >= 11 is 0. The fourth-order valence-electron chi connectivity index (χ4n) is 2.72. The minimum atomic E-state index is 0.0589. The second-order valence-corrected chi connectivity index (χ2v) is 4.89. The van der Waals surface area contributed by atoms with E-state index in [1.165, 1.54) is 5.56 Å². The minimum Gasteiger partial charge on any atom is -0.294 e. The molecule has 0 unspecified atom stereocenters. The van der Waals surface area contributed by atoms with Crippen LogP contribution >= 0.6 is 0 Å². The Morgan fingerprint density at radius 2 is 1.80 bits per heavy atom. The van der Waals surface area contributed by atoms with Crippen LogP contribution in [-0.4, -0.2) is 19.1 Å². The smallest absolute Gasteiger partial charge is 0.294 e. The molecule has 0 atom stereocenters. The van der Waals surface area contributed by atoms with Gasteiger partial charge in [0.1, 0.15) is 0 Å². The van der Waals surface area contributed by atoms with Gasteiger partial charge in [-0.15, -0.1) is 0 Å². The molecule has 102 valence electrons. The first-order valence-electron chi connectivity index (χ1n) is 7.03. The van der Waals surface area contributed by atoms with Crippen molar-refractivity contribution in [1.82, 2.24) is 0 Å². The van der Waals surface area contributed by atoms with Gasteiger partial charge in [-0.25, -0.2) is 4.79 Å². The molecule has 0 N–H and O–H groups in total. The monoisotopic (exact) mass is 266 g/mol. The quantitative estimate of drug-likeness (QED) is 0.813. The third-order valence-corrected chi connectivity index (χ3v) is 3.73. The van der Waals surface area contributed by atoms with Gasteiger partial charge >= 0.3 is 6.03 Å². The molecule has 0 aromatic heterocycles. The third kappa shape index (κ3) is 2.16. The highest BCUT2D eigenvalue weighted by Gasteiger charge is 2.27. The number of amides is 2.